The summed E-state index contributed by atoms with van der Waals surface area (Å²) < 4.78 is 61.7. The number of halogens is 5. The highest BCUT2D eigenvalue weighted by Crippen LogP contribution is 2.44. The number of rotatable bonds is 1. The summed E-state index contributed by atoms with van der Waals surface area (Å²) in [7, 11) is 0. The van der Waals surface area contributed by atoms with E-state index in [4.69, 9.17) is 5.73 Å². The Labute approximate surface area is 81.9 Å². The first kappa shape index (κ1) is 11.7. The minimum atomic E-state index is -5.63. The van der Waals surface area contributed by atoms with E-state index in [9.17, 15) is 22.0 Å². The zero-order valence-electron chi connectivity index (χ0n) is 7.57. The predicted octanol–water partition coefficient (Wildman–Crippen LogP) is 2.63. The van der Waals surface area contributed by atoms with Gasteiger partial charge in [-0.2, -0.15) is 22.0 Å². The van der Waals surface area contributed by atoms with Crippen molar-refractivity contribution in [2.45, 2.75) is 19.0 Å². The van der Waals surface area contributed by atoms with E-state index >= 15 is 0 Å². The van der Waals surface area contributed by atoms with Crippen LogP contribution in [-0.2, 0) is 5.92 Å². The van der Waals surface area contributed by atoms with Crippen molar-refractivity contribution >= 4 is 5.82 Å². The Morgan fingerprint density at radius 2 is 1.73 bits per heavy atom. The largest absolute Gasteiger partial charge is 0.458 e. The lowest BCUT2D eigenvalue weighted by molar-refractivity contribution is -0.289. The Morgan fingerprint density at radius 1 is 1.20 bits per heavy atom. The van der Waals surface area contributed by atoms with Gasteiger partial charge < -0.3 is 5.73 Å². The maximum absolute atomic E-state index is 12.8. The molecule has 1 aromatic rings. The second-order valence-corrected chi connectivity index (χ2v) is 3.00. The van der Waals surface area contributed by atoms with Gasteiger partial charge in [0.05, 0.1) is 5.56 Å². The van der Waals surface area contributed by atoms with Gasteiger partial charge in [0.25, 0.3) is 0 Å². The minimum Gasteiger partial charge on any atom is -0.384 e. The average molecular weight is 226 g/mol. The zero-order chi connectivity index (χ0) is 11.9. The molecule has 0 amide bonds. The number of nitrogen functional groups attached to an aromatic ring is 1. The molecule has 0 unspecified atom stereocenters. The van der Waals surface area contributed by atoms with Crippen LogP contribution in [0.5, 0.6) is 0 Å². The Kier molecular flexibility index (Phi) is 2.58. The van der Waals surface area contributed by atoms with Crippen molar-refractivity contribution in [1.29, 1.82) is 0 Å². The van der Waals surface area contributed by atoms with E-state index in [2.05, 4.69) is 4.98 Å². The summed E-state index contributed by atoms with van der Waals surface area (Å²) in [6.07, 6.45) is -5.19. The molecule has 1 rings (SSSR count). The van der Waals surface area contributed by atoms with Crippen LogP contribution < -0.4 is 5.73 Å². The number of anilines is 1. The quantitative estimate of drug-likeness (QED) is 0.747. The number of hydrogen-bond acceptors (Lipinski definition) is 2. The summed E-state index contributed by atoms with van der Waals surface area (Å²) in [4.78, 5) is 3.22. The molecule has 0 spiro atoms. The molecule has 2 N–H and O–H groups in total. The molecule has 0 radical (unpaired) electrons. The molecule has 0 aliphatic rings. The Balaban J connectivity index is 3.28. The molecule has 7 heteroatoms. The van der Waals surface area contributed by atoms with Crippen molar-refractivity contribution in [2.75, 3.05) is 5.73 Å². The van der Waals surface area contributed by atoms with Crippen molar-refractivity contribution < 1.29 is 22.0 Å². The highest BCUT2D eigenvalue weighted by atomic mass is 19.4. The number of aryl methyl sites for hydroxylation is 1. The third kappa shape index (κ3) is 2.00. The van der Waals surface area contributed by atoms with E-state index < -0.39 is 17.7 Å². The first-order valence-electron chi connectivity index (χ1n) is 3.83. The van der Waals surface area contributed by atoms with Gasteiger partial charge in [0.1, 0.15) is 5.82 Å². The molecular weight excluding hydrogens is 219 g/mol. The van der Waals surface area contributed by atoms with E-state index in [1.165, 1.54) is 0 Å². The number of hydrogen-bond donors (Lipinski definition) is 1. The molecule has 0 aliphatic heterocycles. The van der Waals surface area contributed by atoms with Crippen LogP contribution in [0.3, 0.4) is 0 Å². The van der Waals surface area contributed by atoms with Crippen molar-refractivity contribution in [3.05, 3.63) is 23.4 Å². The lowest BCUT2D eigenvalue weighted by atomic mass is 10.1. The molecule has 0 fully saturated rings. The van der Waals surface area contributed by atoms with Crippen molar-refractivity contribution in [3.8, 4) is 0 Å². The molecule has 0 atom stereocenters. The molecule has 1 aromatic heterocycles. The topological polar surface area (TPSA) is 38.9 Å². The highest BCUT2D eigenvalue weighted by molar-refractivity contribution is 5.38. The molecule has 0 saturated heterocycles. The fourth-order valence-corrected chi connectivity index (χ4v) is 1.06. The van der Waals surface area contributed by atoms with E-state index in [-0.39, 0.29) is 11.4 Å². The summed E-state index contributed by atoms with van der Waals surface area (Å²) in [6, 6.07) is 0.967. The second-order valence-electron chi connectivity index (χ2n) is 3.00. The van der Waals surface area contributed by atoms with E-state index in [1.54, 1.807) is 0 Å². The van der Waals surface area contributed by atoms with Gasteiger partial charge in [0.2, 0.25) is 0 Å². The molecule has 0 aliphatic carbocycles. The number of pyridine rings is 1. The predicted molar refractivity (Wildman–Crippen MR) is 43.3 cm³/mol. The maximum Gasteiger partial charge on any atom is 0.458 e. The third-order valence-corrected chi connectivity index (χ3v) is 1.83. The van der Waals surface area contributed by atoms with Gasteiger partial charge in [-0.1, -0.05) is 0 Å². The van der Waals surface area contributed by atoms with Crippen LogP contribution in [0.1, 0.15) is 11.1 Å². The van der Waals surface area contributed by atoms with Crippen LogP contribution in [0, 0.1) is 6.92 Å². The maximum atomic E-state index is 12.8. The fraction of sp³-hybridized carbons (Fsp3) is 0.375. The SMILES string of the molecule is Cc1cc(N)ncc1C(F)(F)C(F)(F)F. The summed E-state index contributed by atoms with van der Waals surface area (Å²) in [5.74, 6) is -5.01. The molecule has 1 heterocycles. The summed E-state index contributed by atoms with van der Waals surface area (Å²) in [6.45, 7) is 1.12. The fourth-order valence-electron chi connectivity index (χ4n) is 1.06. The minimum absolute atomic E-state index is 0.103. The Hall–Kier alpha value is -1.40. The summed E-state index contributed by atoms with van der Waals surface area (Å²) in [5, 5.41) is 0. The van der Waals surface area contributed by atoms with Crippen molar-refractivity contribution in [1.82, 2.24) is 4.98 Å². The lowest BCUT2D eigenvalue weighted by Crippen LogP contribution is -2.34. The van der Waals surface area contributed by atoms with Gasteiger partial charge in [-0.25, -0.2) is 4.98 Å². The molecule has 15 heavy (non-hydrogen) atoms. The lowest BCUT2D eigenvalue weighted by Gasteiger charge is -2.21. The van der Waals surface area contributed by atoms with E-state index in [0.29, 0.717) is 6.20 Å². The Bertz CT molecular complexity index is 372. The molecule has 2 nitrogen and oxygen atoms in total. The van der Waals surface area contributed by atoms with Gasteiger partial charge in [-0.3, -0.25) is 0 Å². The number of aromatic nitrogens is 1. The van der Waals surface area contributed by atoms with Crippen LogP contribution in [-0.4, -0.2) is 11.2 Å². The Morgan fingerprint density at radius 3 is 2.13 bits per heavy atom. The third-order valence-electron chi connectivity index (χ3n) is 1.83. The van der Waals surface area contributed by atoms with Crippen LogP contribution in [0.15, 0.2) is 12.3 Å². The van der Waals surface area contributed by atoms with Gasteiger partial charge in [0.15, 0.2) is 0 Å². The van der Waals surface area contributed by atoms with Crippen LogP contribution in [0.25, 0.3) is 0 Å². The first-order valence-corrected chi connectivity index (χ1v) is 3.83. The second kappa shape index (κ2) is 3.32. The molecule has 0 bridgehead atoms. The van der Waals surface area contributed by atoms with E-state index in [1.807, 2.05) is 0 Å². The van der Waals surface area contributed by atoms with Crippen LogP contribution in [0.2, 0.25) is 0 Å². The van der Waals surface area contributed by atoms with Crippen molar-refractivity contribution in [3.63, 3.8) is 0 Å². The first-order chi connectivity index (χ1) is 6.66. The molecule has 0 aromatic carbocycles. The zero-order valence-corrected chi connectivity index (χ0v) is 7.57. The normalized spacial score (nSPS) is 12.9. The average Bonchev–Trinajstić information content (AvgIpc) is 2.00. The monoisotopic (exact) mass is 226 g/mol. The van der Waals surface area contributed by atoms with Gasteiger partial charge >= 0.3 is 12.1 Å². The standard InChI is InChI=1S/C8H7F5N2/c1-4-2-6(14)15-3-5(4)7(9,10)8(11,12)13/h2-3H,1H3,(H2,14,15). The van der Waals surface area contributed by atoms with Gasteiger partial charge in [-0.15, -0.1) is 0 Å². The molecule has 84 valence electrons. The van der Waals surface area contributed by atoms with Gasteiger partial charge in [0, 0.05) is 6.20 Å². The van der Waals surface area contributed by atoms with Gasteiger partial charge in [-0.05, 0) is 18.6 Å². The molecule has 0 saturated carbocycles. The van der Waals surface area contributed by atoms with E-state index in [0.717, 1.165) is 13.0 Å². The number of nitrogens with zero attached hydrogens (tertiary/aromatic N) is 1. The van der Waals surface area contributed by atoms with Crippen LogP contribution >= 0.6 is 0 Å². The smallest absolute Gasteiger partial charge is 0.384 e. The van der Waals surface area contributed by atoms with Crippen LogP contribution in [0.4, 0.5) is 27.8 Å². The number of nitrogens with two attached hydrogens (primary N) is 1. The molecular formula is C8H7F5N2. The van der Waals surface area contributed by atoms with Crippen molar-refractivity contribution in [2.24, 2.45) is 0 Å². The number of alkyl halides is 5. The summed E-state index contributed by atoms with van der Waals surface area (Å²) in [5.41, 5.74) is 3.72. The highest BCUT2D eigenvalue weighted by Gasteiger charge is 2.59. The summed E-state index contributed by atoms with van der Waals surface area (Å²) >= 11 is 0.